The van der Waals surface area contributed by atoms with Gasteiger partial charge in [-0.2, -0.15) is 0 Å². The zero-order chi connectivity index (χ0) is 23.6. The number of ether oxygens (including phenoxy) is 1. The van der Waals surface area contributed by atoms with Crippen LogP contribution in [0.25, 0.3) is 22.4 Å². The molecule has 0 bridgehead atoms. The highest BCUT2D eigenvalue weighted by molar-refractivity contribution is 5.85. The summed E-state index contributed by atoms with van der Waals surface area (Å²) in [7, 11) is 3.39. The van der Waals surface area contributed by atoms with E-state index in [1.165, 1.54) is 6.92 Å². The van der Waals surface area contributed by atoms with Crippen LogP contribution in [0, 0.1) is 12.8 Å². The number of carboxylic acid groups (broad SMARTS) is 1. The van der Waals surface area contributed by atoms with Crippen molar-refractivity contribution in [2.45, 2.75) is 52.4 Å². The lowest BCUT2D eigenvalue weighted by atomic mass is 9.95. The van der Waals surface area contributed by atoms with Crippen LogP contribution >= 0.6 is 12.4 Å². The van der Waals surface area contributed by atoms with Crippen LogP contribution in [0.15, 0.2) is 35.3 Å². The second-order valence-corrected chi connectivity index (χ2v) is 8.47. The number of pyridine rings is 1. The van der Waals surface area contributed by atoms with Gasteiger partial charge in [-0.05, 0) is 57.4 Å². The van der Waals surface area contributed by atoms with Crippen molar-refractivity contribution in [3.8, 4) is 11.4 Å². The Hall–Kier alpha value is -2.68. The van der Waals surface area contributed by atoms with Gasteiger partial charge in [-0.15, -0.1) is 12.4 Å². The van der Waals surface area contributed by atoms with Crippen LogP contribution in [0.4, 0.5) is 0 Å². The van der Waals surface area contributed by atoms with E-state index in [0.717, 1.165) is 28.0 Å². The number of fused-ring (bicyclic) bond motifs is 1. The van der Waals surface area contributed by atoms with Crippen molar-refractivity contribution in [3.05, 3.63) is 51.9 Å². The molecule has 0 saturated heterocycles. The van der Waals surface area contributed by atoms with Crippen LogP contribution in [-0.2, 0) is 29.5 Å². The lowest BCUT2D eigenvalue weighted by Gasteiger charge is -2.15. The summed E-state index contributed by atoms with van der Waals surface area (Å²) in [6.07, 6.45) is 1.69. The van der Waals surface area contributed by atoms with E-state index in [4.69, 9.17) is 9.72 Å². The molecule has 1 aromatic carbocycles. The van der Waals surface area contributed by atoms with Gasteiger partial charge in [0.2, 0.25) is 0 Å². The fourth-order valence-electron chi connectivity index (χ4n) is 3.96. The fourth-order valence-corrected chi connectivity index (χ4v) is 3.96. The smallest absolute Gasteiger partial charge is 0.309 e. The van der Waals surface area contributed by atoms with Crippen molar-refractivity contribution in [1.29, 1.82) is 0 Å². The Balaban J connectivity index is 0.00000385. The van der Waals surface area contributed by atoms with Gasteiger partial charge in [-0.1, -0.05) is 6.07 Å². The summed E-state index contributed by atoms with van der Waals surface area (Å²) in [6, 6.07) is 7.76. The molecule has 2 aromatic heterocycles. The Bertz CT molecular complexity index is 1160. The molecule has 0 spiro atoms. The maximum atomic E-state index is 12.2. The van der Waals surface area contributed by atoms with Crippen molar-refractivity contribution >= 4 is 29.4 Å². The van der Waals surface area contributed by atoms with Crippen LogP contribution in [0.5, 0.6) is 0 Å². The van der Waals surface area contributed by atoms with Crippen LogP contribution in [0.2, 0.25) is 0 Å². The van der Waals surface area contributed by atoms with Gasteiger partial charge in [0.05, 0.1) is 35.7 Å². The molecule has 2 N–H and O–H groups in total. The van der Waals surface area contributed by atoms with E-state index in [1.807, 2.05) is 31.2 Å². The Morgan fingerprint density at radius 3 is 2.52 bits per heavy atom. The van der Waals surface area contributed by atoms with E-state index in [-0.39, 0.29) is 24.1 Å². The molecule has 0 fully saturated rings. The van der Waals surface area contributed by atoms with Crippen LogP contribution in [-0.4, -0.2) is 49.6 Å². The Morgan fingerprint density at radius 2 is 1.94 bits per heavy atom. The first-order valence-corrected chi connectivity index (χ1v) is 10.7. The van der Waals surface area contributed by atoms with Crippen LogP contribution in [0.1, 0.15) is 31.4 Å². The number of carbonyl (C=O) groups is 1. The molecule has 0 aliphatic rings. The van der Waals surface area contributed by atoms with Crippen molar-refractivity contribution < 1.29 is 19.7 Å². The molecule has 8 nitrogen and oxygen atoms in total. The first kappa shape index (κ1) is 26.6. The first-order valence-electron chi connectivity index (χ1n) is 10.7. The number of aryl methyl sites for hydroxylation is 3. The first-order chi connectivity index (χ1) is 15.1. The summed E-state index contributed by atoms with van der Waals surface area (Å²) in [4.78, 5) is 28.4. The molecule has 3 rings (SSSR count). The summed E-state index contributed by atoms with van der Waals surface area (Å²) in [5.41, 5.74) is 4.11. The van der Waals surface area contributed by atoms with Crippen molar-refractivity contribution in [1.82, 2.24) is 14.1 Å². The SMILES string of the molecule is COC(C)Cn1c(-c2cc(C)c(=O)n(C)c2)nc2cc(CC[C@H](C(=O)O)[C@@H](C)O)ccc21.Cl. The standard InChI is InChI=1S/C24H31N3O5.ClH/c1-14-10-18(13-26(4)23(14)29)22-25-20-11-17(6-8-19(16(3)28)24(30)31)7-9-21(20)27(22)12-15(2)32-5;/h7,9-11,13,15-16,19,28H,6,8,12H2,1-5H3,(H,30,31);1H/t15?,16-,19+;/m1./s1. The van der Waals surface area contributed by atoms with Crippen molar-refractivity contribution in [2.75, 3.05) is 7.11 Å². The fraction of sp³-hybridized carbons (Fsp3) is 0.458. The number of carboxylic acids is 1. The van der Waals surface area contributed by atoms with Gasteiger partial charge in [0.15, 0.2) is 0 Å². The van der Waals surface area contributed by atoms with E-state index >= 15 is 0 Å². The third-order valence-corrected chi connectivity index (χ3v) is 5.92. The van der Waals surface area contributed by atoms with Gasteiger partial charge in [-0.3, -0.25) is 9.59 Å². The number of halogens is 1. The minimum atomic E-state index is -0.994. The van der Waals surface area contributed by atoms with Gasteiger partial charge in [-0.25, -0.2) is 4.98 Å². The minimum Gasteiger partial charge on any atom is -0.481 e. The molecular weight excluding hydrogens is 446 g/mol. The molecule has 0 aliphatic heterocycles. The average molecular weight is 478 g/mol. The van der Waals surface area contributed by atoms with Gasteiger partial charge < -0.3 is 24.1 Å². The molecule has 180 valence electrons. The van der Waals surface area contributed by atoms with E-state index in [2.05, 4.69) is 4.57 Å². The third kappa shape index (κ3) is 5.82. The highest BCUT2D eigenvalue weighted by atomic mass is 35.5. The molecule has 0 saturated carbocycles. The number of nitrogens with zero attached hydrogens (tertiary/aromatic N) is 3. The molecule has 9 heteroatoms. The summed E-state index contributed by atoms with van der Waals surface area (Å²) >= 11 is 0. The Labute approximate surface area is 199 Å². The number of imidazole rings is 1. The van der Waals surface area contributed by atoms with Crippen molar-refractivity contribution in [3.63, 3.8) is 0 Å². The number of aliphatic hydroxyl groups excluding tert-OH is 1. The van der Waals surface area contributed by atoms with Gasteiger partial charge in [0.1, 0.15) is 5.82 Å². The zero-order valence-corrected chi connectivity index (χ0v) is 20.4. The van der Waals surface area contributed by atoms with E-state index < -0.39 is 18.0 Å². The molecule has 33 heavy (non-hydrogen) atoms. The molecule has 3 atom stereocenters. The normalized spacial score (nSPS) is 14.0. The Morgan fingerprint density at radius 1 is 1.24 bits per heavy atom. The molecular formula is C24H32ClN3O5. The summed E-state index contributed by atoms with van der Waals surface area (Å²) in [5, 5.41) is 19.1. The average Bonchev–Trinajstić information content (AvgIpc) is 3.08. The van der Waals surface area contributed by atoms with E-state index in [0.29, 0.717) is 24.9 Å². The minimum absolute atomic E-state index is 0. The summed E-state index contributed by atoms with van der Waals surface area (Å²) in [6.45, 7) is 5.86. The lowest BCUT2D eigenvalue weighted by Crippen LogP contribution is -2.26. The summed E-state index contributed by atoms with van der Waals surface area (Å²) < 4.78 is 9.12. The zero-order valence-electron chi connectivity index (χ0n) is 19.6. The highest BCUT2D eigenvalue weighted by Crippen LogP contribution is 2.27. The molecule has 3 aromatic rings. The van der Waals surface area contributed by atoms with Crippen molar-refractivity contribution in [2.24, 2.45) is 13.0 Å². The highest BCUT2D eigenvalue weighted by Gasteiger charge is 2.23. The predicted octanol–water partition coefficient (Wildman–Crippen LogP) is 3.18. The lowest BCUT2D eigenvalue weighted by molar-refractivity contribution is -0.145. The largest absolute Gasteiger partial charge is 0.481 e. The van der Waals surface area contributed by atoms with Gasteiger partial charge in [0, 0.05) is 31.5 Å². The van der Waals surface area contributed by atoms with Gasteiger partial charge in [0.25, 0.3) is 5.56 Å². The maximum Gasteiger partial charge on any atom is 0.309 e. The number of aliphatic hydroxyl groups is 1. The van der Waals surface area contributed by atoms with Gasteiger partial charge >= 0.3 is 5.97 Å². The third-order valence-electron chi connectivity index (χ3n) is 5.92. The number of aliphatic carboxylic acids is 1. The predicted molar refractivity (Wildman–Crippen MR) is 130 cm³/mol. The number of hydrogen-bond donors (Lipinski definition) is 2. The van der Waals surface area contributed by atoms with E-state index in [9.17, 15) is 19.8 Å². The monoisotopic (exact) mass is 477 g/mol. The quantitative estimate of drug-likeness (QED) is 0.490. The van der Waals surface area contributed by atoms with Crippen LogP contribution in [0.3, 0.4) is 0 Å². The topological polar surface area (TPSA) is 107 Å². The maximum absolute atomic E-state index is 12.2. The van der Waals surface area contributed by atoms with Crippen LogP contribution < -0.4 is 5.56 Å². The number of hydrogen-bond acceptors (Lipinski definition) is 5. The molecule has 0 aliphatic carbocycles. The molecule has 0 radical (unpaired) electrons. The number of rotatable bonds is 9. The van der Waals surface area contributed by atoms with E-state index in [1.54, 1.807) is 31.8 Å². The number of aromatic nitrogens is 3. The Kier molecular flexibility index (Phi) is 8.82. The number of methoxy groups -OCH3 is 1. The molecule has 0 amide bonds. The number of benzene rings is 1. The second-order valence-electron chi connectivity index (χ2n) is 8.47. The second kappa shape index (κ2) is 11.0. The molecule has 2 heterocycles. The summed E-state index contributed by atoms with van der Waals surface area (Å²) in [5.74, 6) is -1.06. The molecule has 1 unspecified atom stereocenters.